The Morgan fingerprint density at radius 1 is 1.11 bits per heavy atom. The molecule has 0 bridgehead atoms. The van der Waals surface area contributed by atoms with Gasteiger partial charge in [0.15, 0.2) is 11.5 Å². The molecule has 0 radical (unpaired) electrons. The molecular formula is C21H21IN2O4. The van der Waals surface area contributed by atoms with Crippen LogP contribution in [0.5, 0.6) is 11.5 Å². The van der Waals surface area contributed by atoms with Crippen molar-refractivity contribution in [1.29, 1.82) is 0 Å². The molecule has 1 saturated heterocycles. The Morgan fingerprint density at radius 3 is 2.64 bits per heavy atom. The Balaban J connectivity index is 1.56. The number of rotatable bonds is 6. The van der Waals surface area contributed by atoms with Gasteiger partial charge in [-0.1, -0.05) is 35.5 Å². The summed E-state index contributed by atoms with van der Waals surface area (Å²) < 4.78 is 23.4. The molecule has 2 heterocycles. The first-order valence-electron chi connectivity index (χ1n) is 9.20. The van der Waals surface area contributed by atoms with Gasteiger partial charge in [0.25, 0.3) is 0 Å². The lowest BCUT2D eigenvalue weighted by Crippen LogP contribution is -2.14. The molecule has 4 rings (SSSR count). The molecule has 2 aromatic carbocycles. The van der Waals surface area contributed by atoms with Gasteiger partial charge in [0, 0.05) is 28.3 Å². The molecule has 1 aliphatic rings. The monoisotopic (exact) mass is 492 g/mol. The molecule has 7 heteroatoms. The first kappa shape index (κ1) is 19.2. The van der Waals surface area contributed by atoms with Crippen LogP contribution < -0.4 is 9.47 Å². The highest BCUT2D eigenvalue weighted by atomic mass is 127. The summed E-state index contributed by atoms with van der Waals surface area (Å²) in [5.74, 6) is 2.84. The number of ether oxygens (including phenoxy) is 3. The van der Waals surface area contributed by atoms with E-state index in [1.165, 1.54) is 0 Å². The normalized spacial score (nSPS) is 14.8. The number of hydrogen-bond donors (Lipinski definition) is 0. The second kappa shape index (κ2) is 8.91. The molecule has 0 aliphatic carbocycles. The molecule has 6 nitrogen and oxygen atoms in total. The van der Waals surface area contributed by atoms with E-state index in [4.69, 9.17) is 18.7 Å². The van der Waals surface area contributed by atoms with Crippen molar-refractivity contribution in [3.8, 4) is 22.9 Å². The standard InChI is InChI=1S/C21H21IN2O4/c1-25-18-11-16(20-23-21(28-24-20)15-7-9-26-10-8-15)17(22)12-19(18)27-13-14-5-3-2-4-6-14/h2-6,11-12,15H,7-10,13H2,1H3. The van der Waals surface area contributed by atoms with Gasteiger partial charge in [-0.15, -0.1) is 0 Å². The van der Waals surface area contributed by atoms with E-state index in [9.17, 15) is 0 Å². The molecule has 1 aliphatic heterocycles. The number of aromatic nitrogens is 2. The van der Waals surface area contributed by atoms with Gasteiger partial charge in [-0.2, -0.15) is 4.98 Å². The van der Waals surface area contributed by atoms with E-state index in [0.29, 0.717) is 29.8 Å². The summed E-state index contributed by atoms with van der Waals surface area (Å²) in [4.78, 5) is 4.63. The minimum atomic E-state index is 0.267. The second-order valence-corrected chi connectivity index (χ2v) is 7.76. The van der Waals surface area contributed by atoms with Crippen LogP contribution in [0.2, 0.25) is 0 Å². The average molecular weight is 492 g/mol. The van der Waals surface area contributed by atoms with Crippen LogP contribution in [-0.4, -0.2) is 30.5 Å². The minimum Gasteiger partial charge on any atom is -0.493 e. The number of halogens is 1. The van der Waals surface area contributed by atoms with E-state index in [2.05, 4.69) is 32.7 Å². The molecule has 0 spiro atoms. The van der Waals surface area contributed by atoms with Gasteiger partial charge in [0.05, 0.1) is 7.11 Å². The molecule has 1 aromatic heterocycles. The quantitative estimate of drug-likeness (QED) is 0.460. The van der Waals surface area contributed by atoms with Crippen molar-refractivity contribution >= 4 is 22.6 Å². The van der Waals surface area contributed by atoms with E-state index < -0.39 is 0 Å². The maximum atomic E-state index is 5.98. The molecule has 0 atom stereocenters. The van der Waals surface area contributed by atoms with Crippen molar-refractivity contribution in [1.82, 2.24) is 10.1 Å². The zero-order valence-electron chi connectivity index (χ0n) is 15.6. The highest BCUT2D eigenvalue weighted by Gasteiger charge is 2.23. The molecule has 0 amide bonds. The molecule has 1 fully saturated rings. The van der Waals surface area contributed by atoms with Gasteiger partial charge in [-0.3, -0.25) is 0 Å². The van der Waals surface area contributed by atoms with Crippen LogP contribution >= 0.6 is 22.6 Å². The van der Waals surface area contributed by atoms with Gasteiger partial charge < -0.3 is 18.7 Å². The summed E-state index contributed by atoms with van der Waals surface area (Å²) in [7, 11) is 1.63. The largest absolute Gasteiger partial charge is 0.493 e. The van der Waals surface area contributed by atoms with Crippen LogP contribution in [0, 0.1) is 3.57 Å². The average Bonchev–Trinajstić information content (AvgIpc) is 3.23. The SMILES string of the molecule is COc1cc(-c2noc(C3CCOCC3)n2)c(I)cc1OCc1ccccc1. The number of nitrogens with zero attached hydrogens (tertiary/aromatic N) is 2. The van der Waals surface area contributed by atoms with Gasteiger partial charge in [-0.25, -0.2) is 0 Å². The molecular weight excluding hydrogens is 471 g/mol. The van der Waals surface area contributed by atoms with Gasteiger partial charge >= 0.3 is 0 Å². The summed E-state index contributed by atoms with van der Waals surface area (Å²) in [6.45, 7) is 1.95. The lowest BCUT2D eigenvalue weighted by Gasteiger charge is -2.17. The van der Waals surface area contributed by atoms with Crippen molar-refractivity contribution in [2.24, 2.45) is 0 Å². The lowest BCUT2D eigenvalue weighted by molar-refractivity contribution is 0.0778. The highest BCUT2D eigenvalue weighted by Crippen LogP contribution is 2.37. The van der Waals surface area contributed by atoms with Crippen molar-refractivity contribution in [2.75, 3.05) is 20.3 Å². The van der Waals surface area contributed by atoms with E-state index in [1.54, 1.807) is 7.11 Å². The fraction of sp³-hybridized carbons (Fsp3) is 0.333. The first-order chi connectivity index (χ1) is 13.7. The van der Waals surface area contributed by atoms with E-state index >= 15 is 0 Å². The first-order valence-corrected chi connectivity index (χ1v) is 10.3. The topological polar surface area (TPSA) is 66.6 Å². The van der Waals surface area contributed by atoms with Crippen LogP contribution in [0.25, 0.3) is 11.4 Å². The molecule has 0 unspecified atom stereocenters. The minimum absolute atomic E-state index is 0.267. The zero-order chi connectivity index (χ0) is 19.3. The van der Waals surface area contributed by atoms with E-state index in [1.807, 2.05) is 42.5 Å². The molecule has 0 saturated carbocycles. The van der Waals surface area contributed by atoms with Crippen molar-refractivity contribution in [2.45, 2.75) is 25.4 Å². The van der Waals surface area contributed by atoms with Crippen LogP contribution in [-0.2, 0) is 11.3 Å². The summed E-state index contributed by atoms with van der Waals surface area (Å²) >= 11 is 2.26. The van der Waals surface area contributed by atoms with Crippen LogP contribution in [0.3, 0.4) is 0 Å². The number of hydrogen-bond acceptors (Lipinski definition) is 6. The van der Waals surface area contributed by atoms with Gasteiger partial charge in [-0.05, 0) is 53.1 Å². The predicted molar refractivity (Wildman–Crippen MR) is 113 cm³/mol. The molecule has 28 heavy (non-hydrogen) atoms. The van der Waals surface area contributed by atoms with Gasteiger partial charge in [0.1, 0.15) is 6.61 Å². The lowest BCUT2D eigenvalue weighted by atomic mass is 10.0. The number of benzene rings is 2. The van der Waals surface area contributed by atoms with Crippen LogP contribution in [0.4, 0.5) is 0 Å². The Bertz CT molecular complexity index is 923. The smallest absolute Gasteiger partial charge is 0.230 e. The molecule has 146 valence electrons. The van der Waals surface area contributed by atoms with Crippen molar-refractivity contribution in [3.63, 3.8) is 0 Å². The summed E-state index contributed by atoms with van der Waals surface area (Å²) in [6.07, 6.45) is 1.82. The highest BCUT2D eigenvalue weighted by molar-refractivity contribution is 14.1. The molecule has 3 aromatic rings. The fourth-order valence-corrected chi connectivity index (χ4v) is 3.85. The second-order valence-electron chi connectivity index (χ2n) is 6.60. The Hall–Kier alpha value is -2.13. The maximum absolute atomic E-state index is 5.98. The Kier molecular flexibility index (Phi) is 6.11. The van der Waals surface area contributed by atoms with Gasteiger partial charge in [0.2, 0.25) is 11.7 Å². The predicted octanol–water partition coefficient (Wildman–Crippen LogP) is 4.82. The Labute approximate surface area is 177 Å². The van der Waals surface area contributed by atoms with Crippen molar-refractivity contribution < 1.29 is 18.7 Å². The molecule has 0 N–H and O–H groups in total. The number of methoxy groups -OCH3 is 1. The third-order valence-electron chi connectivity index (χ3n) is 4.74. The Morgan fingerprint density at radius 2 is 1.89 bits per heavy atom. The summed E-state index contributed by atoms with van der Waals surface area (Å²) in [6, 6.07) is 13.9. The van der Waals surface area contributed by atoms with Crippen LogP contribution in [0.1, 0.15) is 30.2 Å². The third-order valence-corrected chi connectivity index (χ3v) is 5.64. The third kappa shape index (κ3) is 4.30. The van der Waals surface area contributed by atoms with E-state index in [-0.39, 0.29) is 5.92 Å². The zero-order valence-corrected chi connectivity index (χ0v) is 17.7. The fourth-order valence-electron chi connectivity index (χ4n) is 3.17. The van der Waals surface area contributed by atoms with E-state index in [0.717, 1.165) is 40.8 Å². The summed E-state index contributed by atoms with van der Waals surface area (Å²) in [5.41, 5.74) is 1.97. The van der Waals surface area contributed by atoms with Crippen molar-refractivity contribution in [3.05, 3.63) is 57.5 Å². The van der Waals surface area contributed by atoms with Crippen LogP contribution in [0.15, 0.2) is 47.0 Å². The summed E-state index contributed by atoms with van der Waals surface area (Å²) in [5, 5.41) is 4.19. The maximum Gasteiger partial charge on any atom is 0.230 e.